The average Bonchev–Trinajstić information content (AvgIpc) is 3.41. The summed E-state index contributed by atoms with van der Waals surface area (Å²) in [4.78, 5) is 29.3. The highest BCUT2D eigenvalue weighted by Gasteiger charge is 2.13. The number of carbonyl (C=O) groups excluding carboxylic acids is 2. The molecule has 0 unspecified atom stereocenters. The molecule has 1 aromatic carbocycles. The van der Waals surface area contributed by atoms with Gasteiger partial charge in [-0.05, 0) is 23.6 Å². The lowest BCUT2D eigenvalue weighted by molar-refractivity contribution is -0.121. The molecular formula is C18H18N4O5S. The number of nitrogens with one attached hydrogen (secondary N) is 2. The molecule has 0 spiro atoms. The van der Waals surface area contributed by atoms with Crippen LogP contribution in [0.5, 0.6) is 11.5 Å². The minimum atomic E-state index is -0.497. The number of aromatic nitrogens is 2. The van der Waals surface area contributed by atoms with Crippen LogP contribution in [0.15, 0.2) is 40.2 Å². The van der Waals surface area contributed by atoms with Gasteiger partial charge >= 0.3 is 0 Å². The lowest BCUT2D eigenvalue weighted by atomic mass is 10.2. The molecule has 0 saturated heterocycles. The van der Waals surface area contributed by atoms with E-state index in [9.17, 15) is 9.59 Å². The number of thiophene rings is 1. The molecule has 9 nitrogen and oxygen atoms in total. The van der Waals surface area contributed by atoms with Crippen molar-refractivity contribution in [2.75, 3.05) is 14.2 Å². The van der Waals surface area contributed by atoms with E-state index >= 15 is 0 Å². The lowest BCUT2D eigenvalue weighted by Gasteiger charge is -2.10. The molecule has 0 atom stereocenters. The number of hydrogen-bond acceptors (Lipinski definition) is 8. The first-order valence-electron chi connectivity index (χ1n) is 8.27. The van der Waals surface area contributed by atoms with E-state index in [1.54, 1.807) is 6.07 Å². The summed E-state index contributed by atoms with van der Waals surface area (Å²) in [7, 11) is 2.97. The van der Waals surface area contributed by atoms with Gasteiger partial charge < -0.3 is 14.0 Å². The third-order valence-electron chi connectivity index (χ3n) is 3.70. The van der Waals surface area contributed by atoms with E-state index in [0.717, 1.165) is 4.88 Å². The molecule has 2 aromatic heterocycles. The molecule has 0 radical (unpaired) electrons. The topological polar surface area (TPSA) is 116 Å². The molecule has 0 aliphatic heterocycles. The van der Waals surface area contributed by atoms with Gasteiger partial charge in [-0.2, -0.15) is 4.98 Å². The van der Waals surface area contributed by atoms with E-state index < -0.39 is 5.91 Å². The van der Waals surface area contributed by atoms with E-state index in [1.165, 1.54) is 37.7 Å². The van der Waals surface area contributed by atoms with Crippen LogP contribution in [0.1, 0.15) is 22.7 Å². The molecule has 146 valence electrons. The first-order chi connectivity index (χ1) is 13.6. The van der Waals surface area contributed by atoms with Crippen LogP contribution >= 0.6 is 11.3 Å². The Hall–Kier alpha value is -3.40. The second kappa shape index (κ2) is 9.00. The Kier molecular flexibility index (Phi) is 6.22. The average molecular weight is 402 g/mol. The molecule has 2 N–H and O–H groups in total. The zero-order valence-electron chi connectivity index (χ0n) is 15.2. The predicted molar refractivity (Wildman–Crippen MR) is 101 cm³/mol. The maximum atomic E-state index is 12.2. The van der Waals surface area contributed by atoms with Gasteiger partial charge in [0, 0.05) is 24.5 Å². The number of aryl methyl sites for hydroxylation is 1. The van der Waals surface area contributed by atoms with E-state index in [1.807, 2.05) is 17.5 Å². The number of nitrogens with zero attached hydrogens (tertiary/aromatic N) is 2. The second-order valence-corrected chi connectivity index (χ2v) is 6.54. The Bertz CT molecular complexity index is 933. The minimum Gasteiger partial charge on any atom is -0.497 e. The first kappa shape index (κ1) is 19.4. The first-order valence-corrected chi connectivity index (χ1v) is 9.15. The van der Waals surface area contributed by atoms with Crippen molar-refractivity contribution >= 4 is 23.2 Å². The number of hydrogen-bond donors (Lipinski definition) is 2. The number of methoxy groups -OCH3 is 2. The van der Waals surface area contributed by atoms with Gasteiger partial charge in [-0.1, -0.05) is 11.2 Å². The van der Waals surface area contributed by atoms with Crippen molar-refractivity contribution in [1.29, 1.82) is 0 Å². The molecular weight excluding hydrogens is 384 g/mol. The Morgan fingerprint density at radius 2 is 1.89 bits per heavy atom. The Balaban J connectivity index is 1.50. The van der Waals surface area contributed by atoms with Crippen molar-refractivity contribution in [2.45, 2.75) is 12.8 Å². The summed E-state index contributed by atoms with van der Waals surface area (Å²) in [6.45, 7) is 0. The summed E-state index contributed by atoms with van der Waals surface area (Å²) >= 11 is 1.50. The smallest absolute Gasteiger partial charge is 0.269 e. The van der Waals surface area contributed by atoms with Crippen LogP contribution < -0.4 is 20.3 Å². The van der Waals surface area contributed by atoms with Gasteiger partial charge in [0.05, 0.1) is 19.1 Å². The molecule has 0 fully saturated rings. The monoisotopic (exact) mass is 402 g/mol. The van der Waals surface area contributed by atoms with Crippen LogP contribution in [-0.4, -0.2) is 36.2 Å². The van der Waals surface area contributed by atoms with Gasteiger partial charge in [-0.15, -0.1) is 11.3 Å². The summed E-state index contributed by atoms with van der Waals surface area (Å²) in [6, 6.07) is 8.49. The highest BCUT2D eigenvalue weighted by molar-refractivity contribution is 7.13. The minimum absolute atomic E-state index is 0.0772. The van der Waals surface area contributed by atoms with Crippen LogP contribution in [0, 0.1) is 0 Å². The quantitative estimate of drug-likeness (QED) is 0.582. The van der Waals surface area contributed by atoms with Crippen LogP contribution in [0.25, 0.3) is 10.7 Å². The standard InChI is InChI=1S/C18H18N4O5S/c1-25-12-8-11(9-13(10-12)26-2)18(24)21-20-15(23)5-6-16-19-17(22-27-16)14-4-3-7-28-14/h3-4,7-10H,5-6H2,1-2H3,(H,20,23)(H,21,24). The highest BCUT2D eigenvalue weighted by Crippen LogP contribution is 2.22. The van der Waals surface area contributed by atoms with Gasteiger partial charge in [0.1, 0.15) is 11.5 Å². The molecule has 0 bridgehead atoms. The number of carbonyl (C=O) groups is 2. The Labute approximate surface area is 164 Å². The third-order valence-corrected chi connectivity index (χ3v) is 4.57. The molecule has 0 aliphatic carbocycles. The fourth-order valence-corrected chi connectivity index (χ4v) is 2.93. The van der Waals surface area contributed by atoms with Crippen molar-refractivity contribution in [3.63, 3.8) is 0 Å². The van der Waals surface area contributed by atoms with Crippen molar-refractivity contribution < 1.29 is 23.6 Å². The summed E-state index contributed by atoms with van der Waals surface area (Å²) < 4.78 is 15.4. The third kappa shape index (κ3) is 4.86. The zero-order valence-corrected chi connectivity index (χ0v) is 16.0. The molecule has 2 amide bonds. The van der Waals surface area contributed by atoms with Crippen molar-refractivity contribution in [3.05, 3.63) is 47.2 Å². The molecule has 3 rings (SSSR count). The van der Waals surface area contributed by atoms with Crippen LogP contribution in [0.4, 0.5) is 0 Å². The van der Waals surface area contributed by atoms with Gasteiger partial charge in [-0.25, -0.2) is 0 Å². The van der Waals surface area contributed by atoms with Crippen molar-refractivity contribution in [1.82, 2.24) is 21.0 Å². The van der Waals surface area contributed by atoms with Crippen molar-refractivity contribution in [2.24, 2.45) is 0 Å². The number of ether oxygens (including phenoxy) is 2. The van der Waals surface area contributed by atoms with E-state index in [4.69, 9.17) is 14.0 Å². The molecule has 0 saturated carbocycles. The molecule has 2 heterocycles. The molecule has 10 heteroatoms. The predicted octanol–water partition coefficient (Wildman–Crippen LogP) is 2.21. The van der Waals surface area contributed by atoms with Gasteiger partial charge in [0.25, 0.3) is 5.91 Å². The molecule has 3 aromatic rings. The summed E-state index contributed by atoms with van der Waals surface area (Å²) in [5, 5.41) is 5.80. The maximum Gasteiger partial charge on any atom is 0.269 e. The lowest BCUT2D eigenvalue weighted by Crippen LogP contribution is -2.41. The number of rotatable bonds is 7. The number of hydrazine groups is 1. The van der Waals surface area contributed by atoms with E-state index in [2.05, 4.69) is 21.0 Å². The summed E-state index contributed by atoms with van der Waals surface area (Å²) in [6.07, 6.45) is 0.334. The van der Waals surface area contributed by atoms with E-state index in [0.29, 0.717) is 23.2 Å². The second-order valence-electron chi connectivity index (χ2n) is 5.59. The fraction of sp³-hybridized carbons (Fsp3) is 0.222. The highest BCUT2D eigenvalue weighted by atomic mass is 32.1. The Morgan fingerprint density at radius 1 is 1.14 bits per heavy atom. The molecule has 28 heavy (non-hydrogen) atoms. The van der Waals surface area contributed by atoms with Crippen LogP contribution in [-0.2, 0) is 11.2 Å². The SMILES string of the molecule is COc1cc(OC)cc(C(=O)NNC(=O)CCc2nc(-c3cccs3)no2)c1. The largest absolute Gasteiger partial charge is 0.497 e. The zero-order chi connectivity index (χ0) is 19.9. The number of amides is 2. The van der Waals surface area contributed by atoms with Crippen LogP contribution in [0.3, 0.4) is 0 Å². The van der Waals surface area contributed by atoms with Crippen LogP contribution in [0.2, 0.25) is 0 Å². The Morgan fingerprint density at radius 3 is 2.54 bits per heavy atom. The van der Waals surface area contributed by atoms with Gasteiger partial charge in [0.15, 0.2) is 0 Å². The molecule has 0 aliphatic rings. The number of benzene rings is 1. The summed E-state index contributed by atoms with van der Waals surface area (Å²) in [5.74, 6) is 0.887. The van der Waals surface area contributed by atoms with Gasteiger partial charge in [0.2, 0.25) is 17.6 Å². The maximum absolute atomic E-state index is 12.2. The van der Waals surface area contributed by atoms with E-state index in [-0.39, 0.29) is 24.3 Å². The van der Waals surface area contributed by atoms with Crippen molar-refractivity contribution in [3.8, 4) is 22.2 Å². The fourth-order valence-electron chi connectivity index (χ4n) is 2.28. The van der Waals surface area contributed by atoms with Gasteiger partial charge in [-0.3, -0.25) is 20.4 Å². The normalized spacial score (nSPS) is 10.4. The summed E-state index contributed by atoms with van der Waals surface area (Å²) in [5.41, 5.74) is 4.99.